The molecule has 0 bridgehead atoms. The number of hydrogen-bond donors (Lipinski definition) is 1. The fraction of sp³-hybridized carbons (Fsp3) is 0.231. The Morgan fingerprint density at radius 1 is 0.969 bits per heavy atom. The summed E-state index contributed by atoms with van der Waals surface area (Å²) in [7, 11) is 1.60. The molecule has 0 aliphatic heterocycles. The molecule has 0 aliphatic carbocycles. The molecule has 0 saturated carbocycles. The summed E-state index contributed by atoms with van der Waals surface area (Å²) in [6.45, 7) is 3.76. The van der Waals surface area contributed by atoms with Crippen LogP contribution >= 0.6 is 0 Å². The molecule has 1 N–H and O–H groups in total. The van der Waals surface area contributed by atoms with Crippen molar-refractivity contribution in [2.75, 3.05) is 13.7 Å². The van der Waals surface area contributed by atoms with E-state index in [9.17, 15) is 4.79 Å². The van der Waals surface area contributed by atoms with E-state index in [-0.39, 0.29) is 5.91 Å². The van der Waals surface area contributed by atoms with Gasteiger partial charge in [0, 0.05) is 12.1 Å². The average molecular weight is 430 g/mol. The van der Waals surface area contributed by atoms with Gasteiger partial charge in [0.15, 0.2) is 0 Å². The highest BCUT2D eigenvalue weighted by Crippen LogP contribution is 2.18. The Kier molecular flexibility index (Phi) is 6.70. The molecule has 164 valence electrons. The number of para-hydroxylation sites is 2. The predicted molar refractivity (Wildman–Crippen MR) is 125 cm³/mol. The van der Waals surface area contributed by atoms with Gasteiger partial charge in [-0.1, -0.05) is 29.8 Å². The molecule has 0 aliphatic rings. The number of aryl methyl sites for hydroxylation is 2. The van der Waals surface area contributed by atoms with Crippen molar-refractivity contribution in [2.24, 2.45) is 0 Å². The molecule has 1 heterocycles. The van der Waals surface area contributed by atoms with Gasteiger partial charge in [-0.25, -0.2) is 4.98 Å². The van der Waals surface area contributed by atoms with Gasteiger partial charge in [0.05, 0.1) is 31.3 Å². The summed E-state index contributed by atoms with van der Waals surface area (Å²) >= 11 is 0. The number of aromatic nitrogens is 2. The molecule has 0 unspecified atom stereocenters. The molecule has 0 radical (unpaired) electrons. The Bertz CT molecular complexity index is 1180. The molecule has 6 nitrogen and oxygen atoms in total. The minimum absolute atomic E-state index is 0.144. The maximum atomic E-state index is 12.6. The number of methoxy groups -OCH3 is 1. The average Bonchev–Trinajstić information content (AvgIpc) is 3.19. The lowest BCUT2D eigenvalue weighted by atomic mass is 10.2. The second-order valence-corrected chi connectivity index (χ2v) is 7.59. The lowest BCUT2D eigenvalue weighted by molar-refractivity contribution is 0.0949. The number of fused-ring (bicyclic) bond motifs is 1. The number of imidazole rings is 1. The van der Waals surface area contributed by atoms with Crippen molar-refractivity contribution in [1.29, 1.82) is 0 Å². The van der Waals surface area contributed by atoms with Crippen LogP contribution in [0, 0.1) is 6.92 Å². The van der Waals surface area contributed by atoms with Crippen molar-refractivity contribution in [1.82, 2.24) is 14.9 Å². The third kappa shape index (κ3) is 5.09. The number of ether oxygens (including phenoxy) is 2. The number of carbonyl (C=O) groups excluding carboxylic acids is 1. The quantitative estimate of drug-likeness (QED) is 0.390. The van der Waals surface area contributed by atoms with E-state index in [4.69, 9.17) is 14.5 Å². The normalized spacial score (nSPS) is 10.8. The second-order valence-electron chi connectivity index (χ2n) is 7.59. The summed E-state index contributed by atoms with van der Waals surface area (Å²) in [5, 5.41) is 2.98. The molecule has 1 aromatic heterocycles. The Morgan fingerprint density at radius 2 is 1.69 bits per heavy atom. The highest BCUT2D eigenvalue weighted by molar-refractivity contribution is 5.94. The Morgan fingerprint density at radius 3 is 2.44 bits per heavy atom. The molecule has 32 heavy (non-hydrogen) atoms. The van der Waals surface area contributed by atoms with E-state index >= 15 is 0 Å². The van der Waals surface area contributed by atoms with Crippen molar-refractivity contribution >= 4 is 16.9 Å². The van der Waals surface area contributed by atoms with Crippen LogP contribution in [0.4, 0.5) is 0 Å². The van der Waals surface area contributed by atoms with Gasteiger partial charge < -0.3 is 19.4 Å². The van der Waals surface area contributed by atoms with Gasteiger partial charge in [-0.05, 0) is 61.9 Å². The monoisotopic (exact) mass is 429 g/mol. The van der Waals surface area contributed by atoms with E-state index in [1.807, 2.05) is 42.5 Å². The number of benzene rings is 3. The number of amides is 1. The first-order chi connectivity index (χ1) is 15.6. The highest BCUT2D eigenvalue weighted by atomic mass is 16.5. The van der Waals surface area contributed by atoms with Gasteiger partial charge >= 0.3 is 0 Å². The van der Waals surface area contributed by atoms with Gasteiger partial charge in [0.25, 0.3) is 5.91 Å². The fourth-order valence-corrected chi connectivity index (χ4v) is 3.56. The molecule has 0 saturated heterocycles. The van der Waals surface area contributed by atoms with Gasteiger partial charge in [0.2, 0.25) is 0 Å². The zero-order valence-electron chi connectivity index (χ0n) is 18.4. The van der Waals surface area contributed by atoms with E-state index in [1.165, 1.54) is 5.56 Å². The maximum absolute atomic E-state index is 12.6. The van der Waals surface area contributed by atoms with Crippen molar-refractivity contribution in [3.63, 3.8) is 0 Å². The van der Waals surface area contributed by atoms with E-state index in [1.54, 1.807) is 31.4 Å². The molecule has 4 aromatic rings. The molecule has 0 fully saturated rings. The zero-order chi connectivity index (χ0) is 22.3. The summed E-state index contributed by atoms with van der Waals surface area (Å²) in [6.07, 6.45) is 0.827. The molecule has 6 heteroatoms. The van der Waals surface area contributed by atoms with Crippen LogP contribution in [-0.4, -0.2) is 29.2 Å². The Labute approximate surface area is 187 Å². The van der Waals surface area contributed by atoms with Crippen LogP contribution in [0.5, 0.6) is 11.5 Å². The lowest BCUT2D eigenvalue weighted by Crippen LogP contribution is -2.25. The first-order valence-electron chi connectivity index (χ1n) is 10.7. The molecule has 3 aromatic carbocycles. The van der Waals surface area contributed by atoms with Crippen LogP contribution in [0.15, 0.2) is 72.8 Å². The number of nitrogens with zero attached hydrogens (tertiary/aromatic N) is 2. The largest absolute Gasteiger partial charge is 0.497 e. The van der Waals surface area contributed by atoms with E-state index in [2.05, 4.69) is 22.9 Å². The van der Waals surface area contributed by atoms with E-state index in [0.717, 1.165) is 41.3 Å². The topological polar surface area (TPSA) is 65.4 Å². The minimum atomic E-state index is -0.144. The number of hydrogen-bond acceptors (Lipinski definition) is 4. The first kappa shape index (κ1) is 21.4. The predicted octanol–water partition coefficient (Wildman–Crippen LogP) is 4.75. The highest BCUT2D eigenvalue weighted by Gasteiger charge is 2.12. The first-order valence-corrected chi connectivity index (χ1v) is 10.7. The van der Waals surface area contributed by atoms with Crippen LogP contribution in [-0.2, 0) is 13.1 Å². The molecule has 0 spiro atoms. The standard InChI is InChI=1S/C26H27N3O3/c1-19-8-12-22(13-9-19)32-17-5-16-29-24-7-4-3-6-23(24)28-25(29)18-27-26(30)20-10-14-21(31-2)15-11-20/h3-4,6-15H,5,16-18H2,1-2H3,(H,27,30). The van der Waals surface area contributed by atoms with Crippen LogP contribution in [0.3, 0.4) is 0 Å². The van der Waals surface area contributed by atoms with Crippen LogP contribution in [0.1, 0.15) is 28.2 Å². The molecular weight excluding hydrogens is 402 g/mol. The van der Waals surface area contributed by atoms with Gasteiger partial charge in [-0.15, -0.1) is 0 Å². The zero-order valence-corrected chi connectivity index (χ0v) is 18.4. The summed E-state index contributed by atoms with van der Waals surface area (Å²) < 4.78 is 13.2. The third-order valence-electron chi connectivity index (χ3n) is 5.31. The summed E-state index contributed by atoms with van der Waals surface area (Å²) in [5.41, 5.74) is 3.76. The van der Waals surface area contributed by atoms with E-state index < -0.39 is 0 Å². The SMILES string of the molecule is COc1ccc(C(=O)NCc2nc3ccccc3n2CCCOc2ccc(C)cc2)cc1. The number of carbonyl (C=O) groups is 1. The summed E-state index contributed by atoms with van der Waals surface area (Å²) in [6, 6.07) is 23.1. The Balaban J connectivity index is 1.41. The number of nitrogens with one attached hydrogen (secondary N) is 1. The second kappa shape index (κ2) is 10.0. The molecule has 1 amide bonds. The van der Waals surface area contributed by atoms with Crippen molar-refractivity contribution in [3.05, 3.63) is 89.7 Å². The van der Waals surface area contributed by atoms with Crippen LogP contribution < -0.4 is 14.8 Å². The Hall–Kier alpha value is -3.80. The van der Waals surface area contributed by atoms with Crippen molar-refractivity contribution < 1.29 is 14.3 Å². The summed E-state index contributed by atoms with van der Waals surface area (Å²) in [5.74, 6) is 2.27. The van der Waals surface area contributed by atoms with Gasteiger partial charge in [-0.2, -0.15) is 0 Å². The summed E-state index contributed by atoms with van der Waals surface area (Å²) in [4.78, 5) is 17.3. The van der Waals surface area contributed by atoms with Gasteiger partial charge in [0.1, 0.15) is 17.3 Å². The van der Waals surface area contributed by atoms with Crippen molar-refractivity contribution in [2.45, 2.75) is 26.4 Å². The van der Waals surface area contributed by atoms with Gasteiger partial charge in [-0.3, -0.25) is 4.79 Å². The van der Waals surface area contributed by atoms with Crippen LogP contribution in [0.25, 0.3) is 11.0 Å². The third-order valence-corrected chi connectivity index (χ3v) is 5.31. The van der Waals surface area contributed by atoms with Crippen molar-refractivity contribution in [3.8, 4) is 11.5 Å². The minimum Gasteiger partial charge on any atom is -0.497 e. The molecule has 0 atom stereocenters. The van der Waals surface area contributed by atoms with E-state index in [0.29, 0.717) is 18.7 Å². The number of rotatable bonds is 9. The molecule has 4 rings (SSSR count). The molecular formula is C26H27N3O3. The lowest BCUT2D eigenvalue weighted by Gasteiger charge is -2.11. The van der Waals surface area contributed by atoms with Crippen LogP contribution in [0.2, 0.25) is 0 Å². The smallest absolute Gasteiger partial charge is 0.251 e. The fourth-order valence-electron chi connectivity index (χ4n) is 3.56. The maximum Gasteiger partial charge on any atom is 0.251 e.